The summed E-state index contributed by atoms with van der Waals surface area (Å²) in [4.78, 5) is 1.89. The van der Waals surface area contributed by atoms with E-state index in [2.05, 4.69) is 11.2 Å². The smallest absolute Gasteiger partial charge is 0.399 e. The molecule has 1 aromatic heterocycles. The van der Waals surface area contributed by atoms with Crippen molar-refractivity contribution in [3.05, 3.63) is 12.4 Å². The van der Waals surface area contributed by atoms with Gasteiger partial charge in [0.05, 0.1) is 28.9 Å². The maximum absolute atomic E-state index is 12.2. The molecule has 0 bridgehead atoms. The predicted octanol–water partition coefficient (Wildman–Crippen LogP) is 0.642. The molecule has 3 aliphatic rings. The summed E-state index contributed by atoms with van der Waals surface area (Å²) in [6, 6.07) is 2.23. The van der Waals surface area contributed by atoms with Crippen LogP contribution in [0.25, 0.3) is 0 Å². The van der Waals surface area contributed by atoms with E-state index in [0.717, 1.165) is 18.3 Å². The van der Waals surface area contributed by atoms with Crippen LogP contribution in [-0.2, 0) is 24.7 Å². The van der Waals surface area contributed by atoms with Crippen molar-refractivity contribution in [1.82, 2.24) is 14.7 Å². The van der Waals surface area contributed by atoms with Crippen LogP contribution in [0.4, 0.5) is 0 Å². The molecule has 0 spiro atoms. The Kier molecular flexibility index (Phi) is 4.47. The molecule has 4 rings (SSSR count). The first-order valence-electron chi connectivity index (χ1n) is 9.70. The number of hydrogen-bond donors (Lipinski definition) is 0. The monoisotopic (exact) mass is 406 g/mol. The minimum atomic E-state index is -3.05. The quantitative estimate of drug-likeness (QED) is 0.640. The van der Waals surface area contributed by atoms with Gasteiger partial charge in [0.15, 0.2) is 9.84 Å². The summed E-state index contributed by atoms with van der Waals surface area (Å²) in [5.74, 6) is 0.0657. The van der Waals surface area contributed by atoms with Crippen LogP contribution >= 0.6 is 0 Å². The molecule has 2 saturated heterocycles. The molecule has 10 heteroatoms. The minimum Gasteiger partial charge on any atom is -0.399 e. The fourth-order valence-electron chi connectivity index (χ4n) is 3.85. The molecule has 8 nitrogen and oxygen atoms in total. The molecule has 0 unspecified atom stereocenters. The van der Waals surface area contributed by atoms with E-state index in [1.165, 1.54) is 0 Å². The summed E-state index contributed by atoms with van der Waals surface area (Å²) < 4.78 is 38.4. The van der Waals surface area contributed by atoms with Crippen molar-refractivity contribution < 1.29 is 17.7 Å². The second-order valence-electron chi connectivity index (χ2n) is 9.34. The molecule has 1 aliphatic carbocycles. The van der Waals surface area contributed by atoms with E-state index >= 15 is 0 Å². The topological polar surface area (TPSA) is 97.5 Å². The molecule has 3 heterocycles. The second-order valence-corrected chi connectivity index (χ2v) is 11.6. The Morgan fingerprint density at radius 1 is 1.25 bits per heavy atom. The zero-order valence-electron chi connectivity index (χ0n) is 16.9. The summed E-state index contributed by atoms with van der Waals surface area (Å²) >= 11 is 0. The van der Waals surface area contributed by atoms with Gasteiger partial charge in [-0.25, -0.2) is 8.42 Å². The van der Waals surface area contributed by atoms with E-state index in [0.29, 0.717) is 13.1 Å². The molecule has 152 valence electrons. The first-order chi connectivity index (χ1) is 13.0. The highest BCUT2D eigenvalue weighted by Crippen LogP contribution is 2.38. The summed E-state index contributed by atoms with van der Waals surface area (Å²) in [5.41, 5.74) is -0.571. The highest BCUT2D eigenvalue weighted by atomic mass is 32.2. The third-order valence-corrected chi connectivity index (χ3v) is 8.66. The molecular weight excluding hydrogens is 379 g/mol. The lowest BCUT2D eigenvalue weighted by molar-refractivity contribution is 0.00578. The Morgan fingerprint density at radius 2 is 1.86 bits per heavy atom. The fourth-order valence-corrected chi connectivity index (χ4v) is 5.60. The first kappa shape index (κ1) is 19.9. The van der Waals surface area contributed by atoms with Crippen LogP contribution in [0.1, 0.15) is 47.0 Å². The van der Waals surface area contributed by atoms with E-state index in [1.807, 2.05) is 38.8 Å². The van der Waals surface area contributed by atoms with Crippen LogP contribution in [0.3, 0.4) is 0 Å². The summed E-state index contributed by atoms with van der Waals surface area (Å²) in [6.45, 7) is 8.99. The van der Waals surface area contributed by atoms with Gasteiger partial charge in [0, 0.05) is 30.9 Å². The van der Waals surface area contributed by atoms with Crippen molar-refractivity contribution in [3.8, 4) is 6.07 Å². The maximum Gasteiger partial charge on any atom is 0.498 e. The zero-order chi connectivity index (χ0) is 20.4. The van der Waals surface area contributed by atoms with Crippen LogP contribution in [0.2, 0.25) is 0 Å². The van der Waals surface area contributed by atoms with Crippen molar-refractivity contribution in [2.45, 2.75) is 68.9 Å². The van der Waals surface area contributed by atoms with E-state index in [4.69, 9.17) is 9.31 Å². The number of rotatable bonds is 6. The average Bonchev–Trinajstić information content (AvgIpc) is 3.25. The van der Waals surface area contributed by atoms with Crippen LogP contribution in [0.15, 0.2) is 12.4 Å². The van der Waals surface area contributed by atoms with Crippen LogP contribution in [0.5, 0.6) is 0 Å². The summed E-state index contributed by atoms with van der Waals surface area (Å²) in [6.07, 6.45) is 5.40. The lowest BCUT2D eigenvalue weighted by atomic mass is 9.81. The lowest BCUT2D eigenvalue weighted by Crippen LogP contribution is -2.63. The van der Waals surface area contributed by atoms with E-state index < -0.39 is 33.7 Å². The Hall–Kier alpha value is -1.41. The Morgan fingerprint density at radius 3 is 2.39 bits per heavy atom. The minimum absolute atomic E-state index is 0.0657. The third-order valence-electron chi connectivity index (χ3n) is 6.45. The van der Waals surface area contributed by atoms with Gasteiger partial charge in [-0.1, -0.05) is 0 Å². The van der Waals surface area contributed by atoms with Gasteiger partial charge in [0.2, 0.25) is 0 Å². The van der Waals surface area contributed by atoms with Gasteiger partial charge in [-0.3, -0.25) is 9.58 Å². The molecule has 0 amide bonds. The molecule has 2 aliphatic heterocycles. The number of nitriles is 1. The molecule has 0 N–H and O–H groups in total. The number of nitrogens with zero attached hydrogens (tertiary/aromatic N) is 4. The average molecular weight is 406 g/mol. The number of likely N-dealkylation sites (tertiary alicyclic amines) is 1. The molecule has 28 heavy (non-hydrogen) atoms. The largest absolute Gasteiger partial charge is 0.498 e. The number of aromatic nitrogens is 2. The van der Waals surface area contributed by atoms with Gasteiger partial charge >= 0.3 is 7.12 Å². The van der Waals surface area contributed by atoms with Gasteiger partial charge in [0.1, 0.15) is 11.4 Å². The van der Waals surface area contributed by atoms with Crippen LogP contribution in [0, 0.1) is 11.3 Å². The molecule has 0 radical (unpaired) electrons. The lowest BCUT2D eigenvalue weighted by Gasteiger charge is -2.48. The van der Waals surface area contributed by atoms with E-state index in [-0.39, 0.29) is 17.5 Å². The number of hydrogen-bond acceptors (Lipinski definition) is 7. The van der Waals surface area contributed by atoms with Gasteiger partial charge in [-0.2, -0.15) is 10.4 Å². The summed E-state index contributed by atoms with van der Waals surface area (Å²) in [5, 5.41) is 13.6. The van der Waals surface area contributed by atoms with Gasteiger partial charge in [-0.15, -0.1) is 0 Å². The van der Waals surface area contributed by atoms with Gasteiger partial charge < -0.3 is 9.31 Å². The molecule has 1 aromatic rings. The highest BCUT2D eigenvalue weighted by molar-refractivity contribution is 7.92. The highest BCUT2D eigenvalue weighted by Gasteiger charge is 2.53. The standard InChI is InChI=1S/C18H27BN4O4S/c1-16(2)17(3,4)27-19(26-16)14-9-21-23(10-14)18(7-8-20)11-22(12-18)13-28(24,25)15-5-6-15/h9-10,15H,5-7,11-13H2,1-4H3. The van der Waals surface area contributed by atoms with Crippen molar-refractivity contribution in [2.24, 2.45) is 0 Å². The fraction of sp³-hybridized carbons (Fsp3) is 0.778. The molecular formula is C18H27BN4O4S. The number of sulfone groups is 1. The van der Waals surface area contributed by atoms with E-state index in [9.17, 15) is 13.7 Å². The van der Waals surface area contributed by atoms with Crippen LogP contribution < -0.4 is 5.46 Å². The SMILES string of the molecule is CC1(C)OB(c2cnn(C3(CC#N)CN(CS(=O)(=O)C4CC4)C3)c2)OC1(C)C. The summed E-state index contributed by atoms with van der Waals surface area (Å²) in [7, 11) is -3.56. The normalized spacial score (nSPS) is 26.0. The second kappa shape index (κ2) is 6.29. The third kappa shape index (κ3) is 3.28. The maximum atomic E-state index is 12.2. The van der Waals surface area contributed by atoms with Crippen LogP contribution in [-0.4, -0.2) is 65.6 Å². The van der Waals surface area contributed by atoms with Gasteiger partial charge in [-0.05, 0) is 40.5 Å². The Bertz CT molecular complexity index is 894. The Labute approximate surface area is 166 Å². The van der Waals surface area contributed by atoms with Crippen molar-refractivity contribution >= 4 is 22.4 Å². The molecule has 0 aromatic carbocycles. The van der Waals surface area contributed by atoms with Crippen molar-refractivity contribution in [1.29, 1.82) is 5.26 Å². The first-order valence-corrected chi connectivity index (χ1v) is 11.4. The van der Waals surface area contributed by atoms with Gasteiger partial charge in [0.25, 0.3) is 0 Å². The zero-order valence-corrected chi connectivity index (χ0v) is 17.7. The Balaban J connectivity index is 1.48. The predicted molar refractivity (Wildman–Crippen MR) is 105 cm³/mol. The molecule has 3 fully saturated rings. The van der Waals surface area contributed by atoms with Crippen molar-refractivity contribution in [2.75, 3.05) is 19.0 Å². The van der Waals surface area contributed by atoms with Crippen molar-refractivity contribution in [3.63, 3.8) is 0 Å². The molecule has 0 atom stereocenters. The van der Waals surface area contributed by atoms with E-state index in [1.54, 1.807) is 10.9 Å². The molecule has 1 saturated carbocycles.